The second-order valence-corrected chi connectivity index (χ2v) is 7.44. The van der Waals surface area contributed by atoms with E-state index in [-0.39, 0.29) is 6.03 Å². The Hall–Kier alpha value is -2.84. The van der Waals surface area contributed by atoms with Crippen LogP contribution < -0.4 is 10.2 Å². The topological polar surface area (TPSA) is 87.4 Å². The molecule has 150 valence electrons. The van der Waals surface area contributed by atoms with E-state index in [1.165, 1.54) is 0 Å². The van der Waals surface area contributed by atoms with Gasteiger partial charge in [-0.25, -0.2) is 9.78 Å². The summed E-state index contributed by atoms with van der Waals surface area (Å²) in [6.45, 7) is 4.08. The smallest absolute Gasteiger partial charge is 0.321 e. The van der Waals surface area contributed by atoms with Crippen molar-refractivity contribution in [2.45, 2.75) is 6.92 Å². The van der Waals surface area contributed by atoms with Crippen LogP contribution in [0.1, 0.15) is 5.89 Å². The number of pyridine rings is 1. The zero-order chi connectivity index (χ0) is 20.4. The maximum absolute atomic E-state index is 12.6. The van der Waals surface area contributed by atoms with Gasteiger partial charge in [0.1, 0.15) is 5.82 Å². The van der Waals surface area contributed by atoms with Crippen LogP contribution in [0, 0.1) is 6.92 Å². The number of benzene rings is 1. The van der Waals surface area contributed by atoms with E-state index in [0.717, 1.165) is 11.4 Å². The van der Waals surface area contributed by atoms with Gasteiger partial charge < -0.3 is 19.5 Å². The molecule has 8 nitrogen and oxygen atoms in total. The number of nitrogens with one attached hydrogen (secondary N) is 1. The number of rotatable bonds is 3. The Labute approximate surface area is 177 Å². The molecule has 1 aliphatic rings. The summed E-state index contributed by atoms with van der Waals surface area (Å²) in [5.74, 6) is 1.69. The van der Waals surface area contributed by atoms with Gasteiger partial charge in [0, 0.05) is 55.0 Å². The predicted octanol–water partition coefficient (Wildman–Crippen LogP) is 4.10. The average molecular weight is 433 g/mol. The first-order valence-electron chi connectivity index (χ1n) is 9.02. The zero-order valence-electron chi connectivity index (χ0n) is 15.6. The number of carbonyl (C=O) groups excluding carboxylic acids is 1. The Balaban J connectivity index is 1.43. The van der Waals surface area contributed by atoms with Crippen molar-refractivity contribution in [2.24, 2.45) is 0 Å². The van der Waals surface area contributed by atoms with Crippen molar-refractivity contribution in [3.63, 3.8) is 0 Å². The molecule has 29 heavy (non-hydrogen) atoms. The molecule has 1 saturated heterocycles. The molecule has 3 aromatic rings. The highest BCUT2D eigenvalue weighted by Gasteiger charge is 2.25. The number of anilines is 2. The number of aromatic nitrogens is 3. The molecule has 4 rings (SSSR count). The van der Waals surface area contributed by atoms with Crippen LogP contribution in [0.4, 0.5) is 16.3 Å². The summed E-state index contributed by atoms with van der Waals surface area (Å²) >= 11 is 12.0. The molecule has 1 fully saturated rings. The minimum Gasteiger partial charge on any atom is -0.421 e. The average Bonchev–Trinajstić information content (AvgIpc) is 3.13. The summed E-state index contributed by atoms with van der Waals surface area (Å²) < 4.78 is 5.56. The number of hydrogen-bond donors (Lipinski definition) is 1. The lowest BCUT2D eigenvalue weighted by Crippen LogP contribution is -2.50. The Bertz CT molecular complexity index is 1010. The van der Waals surface area contributed by atoms with Crippen LogP contribution in [0.5, 0.6) is 0 Å². The first kappa shape index (κ1) is 19.5. The Morgan fingerprint density at radius 1 is 1.10 bits per heavy atom. The highest BCUT2D eigenvalue weighted by molar-refractivity contribution is 6.35. The van der Waals surface area contributed by atoms with E-state index in [1.54, 1.807) is 36.2 Å². The van der Waals surface area contributed by atoms with Gasteiger partial charge in [0.15, 0.2) is 0 Å². The molecule has 0 saturated carbocycles. The molecule has 3 heterocycles. The molecular formula is C19H18Cl2N6O2. The number of hydrogen-bond acceptors (Lipinski definition) is 6. The normalized spacial score (nSPS) is 14.2. The summed E-state index contributed by atoms with van der Waals surface area (Å²) in [4.78, 5) is 20.9. The van der Waals surface area contributed by atoms with Crippen LogP contribution >= 0.6 is 23.2 Å². The highest BCUT2D eigenvalue weighted by atomic mass is 35.5. The Kier molecular flexibility index (Phi) is 5.55. The van der Waals surface area contributed by atoms with Gasteiger partial charge in [0.2, 0.25) is 5.89 Å². The fourth-order valence-electron chi connectivity index (χ4n) is 3.17. The SMILES string of the molecule is Cc1nnc(-c2cccnc2N2CCN(C(=O)Nc3cc(Cl)cc(Cl)c3)CC2)o1. The molecule has 2 aromatic heterocycles. The van der Waals surface area contributed by atoms with E-state index >= 15 is 0 Å². The van der Waals surface area contributed by atoms with E-state index in [2.05, 4.69) is 25.4 Å². The van der Waals surface area contributed by atoms with Crippen molar-refractivity contribution in [3.8, 4) is 11.5 Å². The maximum Gasteiger partial charge on any atom is 0.321 e. The summed E-state index contributed by atoms with van der Waals surface area (Å²) in [7, 11) is 0. The number of urea groups is 1. The molecule has 0 atom stereocenters. The van der Waals surface area contributed by atoms with E-state index in [9.17, 15) is 4.79 Å². The van der Waals surface area contributed by atoms with Crippen LogP contribution in [0.3, 0.4) is 0 Å². The van der Waals surface area contributed by atoms with Crippen LogP contribution in [0.25, 0.3) is 11.5 Å². The van der Waals surface area contributed by atoms with Crippen LogP contribution in [0.15, 0.2) is 40.9 Å². The number of halogens is 2. The molecule has 0 bridgehead atoms. The van der Waals surface area contributed by atoms with Gasteiger partial charge in [-0.1, -0.05) is 23.2 Å². The fraction of sp³-hybridized carbons (Fsp3) is 0.263. The predicted molar refractivity (Wildman–Crippen MR) is 112 cm³/mol. The molecule has 1 aliphatic heterocycles. The second-order valence-electron chi connectivity index (χ2n) is 6.56. The van der Waals surface area contributed by atoms with Crippen LogP contribution in [0.2, 0.25) is 10.0 Å². The summed E-state index contributed by atoms with van der Waals surface area (Å²) in [6, 6.07) is 8.47. The Morgan fingerprint density at radius 3 is 2.48 bits per heavy atom. The first-order chi connectivity index (χ1) is 14.0. The number of nitrogens with zero attached hydrogens (tertiary/aromatic N) is 5. The number of aryl methyl sites for hydroxylation is 1. The molecule has 0 spiro atoms. The summed E-state index contributed by atoms with van der Waals surface area (Å²) in [5.41, 5.74) is 1.34. The molecule has 2 amide bonds. The van der Waals surface area contributed by atoms with E-state index < -0.39 is 0 Å². The van der Waals surface area contributed by atoms with Gasteiger partial charge in [0.05, 0.1) is 5.56 Å². The van der Waals surface area contributed by atoms with Crippen molar-refractivity contribution in [1.29, 1.82) is 0 Å². The van der Waals surface area contributed by atoms with E-state index in [0.29, 0.717) is 53.7 Å². The molecule has 0 aliphatic carbocycles. The Morgan fingerprint density at radius 2 is 1.83 bits per heavy atom. The van der Waals surface area contributed by atoms with Crippen molar-refractivity contribution in [1.82, 2.24) is 20.1 Å². The minimum atomic E-state index is -0.197. The molecule has 0 unspecified atom stereocenters. The fourth-order valence-corrected chi connectivity index (χ4v) is 3.70. The van der Waals surface area contributed by atoms with Gasteiger partial charge >= 0.3 is 6.03 Å². The second kappa shape index (κ2) is 8.26. The molecule has 10 heteroatoms. The largest absolute Gasteiger partial charge is 0.421 e. The van der Waals surface area contributed by atoms with Crippen molar-refractivity contribution < 1.29 is 9.21 Å². The van der Waals surface area contributed by atoms with Gasteiger partial charge in [-0.3, -0.25) is 0 Å². The number of carbonyl (C=O) groups is 1. The van der Waals surface area contributed by atoms with Crippen molar-refractivity contribution >= 4 is 40.7 Å². The van der Waals surface area contributed by atoms with E-state index in [4.69, 9.17) is 27.6 Å². The van der Waals surface area contributed by atoms with Crippen molar-refractivity contribution in [3.05, 3.63) is 52.5 Å². The quantitative estimate of drug-likeness (QED) is 0.669. The molecule has 1 N–H and O–H groups in total. The van der Waals surface area contributed by atoms with Crippen LogP contribution in [-0.4, -0.2) is 52.3 Å². The lowest BCUT2D eigenvalue weighted by molar-refractivity contribution is 0.208. The lowest BCUT2D eigenvalue weighted by Gasteiger charge is -2.35. The standard InChI is InChI=1S/C19H18Cl2N6O2/c1-12-24-25-18(29-12)16-3-2-4-22-17(16)26-5-7-27(8-6-26)19(28)23-15-10-13(20)9-14(21)11-15/h2-4,9-11H,5-8H2,1H3,(H,23,28). The third kappa shape index (κ3) is 4.44. The van der Waals surface area contributed by atoms with E-state index in [1.807, 2.05) is 12.1 Å². The number of amides is 2. The highest BCUT2D eigenvalue weighted by Crippen LogP contribution is 2.28. The van der Waals surface area contributed by atoms with Crippen molar-refractivity contribution in [2.75, 3.05) is 36.4 Å². The third-order valence-electron chi connectivity index (χ3n) is 4.52. The first-order valence-corrected chi connectivity index (χ1v) is 9.77. The third-order valence-corrected chi connectivity index (χ3v) is 4.96. The maximum atomic E-state index is 12.6. The monoisotopic (exact) mass is 432 g/mol. The van der Waals surface area contributed by atoms with Gasteiger partial charge in [-0.15, -0.1) is 10.2 Å². The molecule has 0 radical (unpaired) electrons. The number of piperazine rings is 1. The zero-order valence-corrected chi connectivity index (χ0v) is 17.1. The van der Waals surface area contributed by atoms with Gasteiger partial charge in [0.25, 0.3) is 5.89 Å². The summed E-state index contributed by atoms with van der Waals surface area (Å²) in [6.07, 6.45) is 1.73. The van der Waals surface area contributed by atoms with Gasteiger partial charge in [-0.05, 0) is 30.3 Å². The molecule has 1 aromatic carbocycles. The minimum absolute atomic E-state index is 0.197. The van der Waals surface area contributed by atoms with Gasteiger partial charge in [-0.2, -0.15) is 0 Å². The lowest BCUT2D eigenvalue weighted by atomic mass is 10.2. The summed E-state index contributed by atoms with van der Waals surface area (Å²) in [5, 5.41) is 11.8. The van der Waals surface area contributed by atoms with Crippen LogP contribution in [-0.2, 0) is 0 Å². The molecular weight excluding hydrogens is 415 g/mol.